The molecule has 0 N–H and O–H groups in total. The minimum absolute atomic E-state index is 0.0622. The highest BCUT2D eigenvalue weighted by Gasteiger charge is 2.49. The molecule has 2 aliphatic heterocycles. The summed E-state index contributed by atoms with van der Waals surface area (Å²) in [7, 11) is 0. The monoisotopic (exact) mass is 641 g/mol. The molecule has 242 valence electrons. The number of anilines is 1. The lowest BCUT2D eigenvalue weighted by molar-refractivity contribution is 0.0948. The highest BCUT2D eigenvalue weighted by atomic mass is 16.7. The van der Waals surface area contributed by atoms with E-state index in [2.05, 4.69) is 160 Å². The lowest BCUT2D eigenvalue weighted by Crippen LogP contribution is -2.56. The fourth-order valence-electron chi connectivity index (χ4n) is 8.44. The van der Waals surface area contributed by atoms with Crippen LogP contribution in [0.15, 0.2) is 158 Å². The van der Waals surface area contributed by atoms with Crippen LogP contribution in [0.25, 0.3) is 0 Å². The lowest BCUT2D eigenvalue weighted by Gasteiger charge is -2.52. The molecule has 4 heteroatoms. The van der Waals surface area contributed by atoms with Crippen LogP contribution in [0.5, 0.6) is 11.5 Å². The third-order valence-electron chi connectivity index (χ3n) is 10.5. The van der Waals surface area contributed by atoms with Gasteiger partial charge in [0, 0.05) is 22.2 Å². The summed E-state index contributed by atoms with van der Waals surface area (Å²) in [5.41, 5.74) is 7.00. The predicted molar refractivity (Wildman–Crippen MR) is 196 cm³/mol. The van der Waals surface area contributed by atoms with Crippen LogP contribution in [0, 0.1) is 0 Å². The van der Waals surface area contributed by atoms with E-state index < -0.39 is 16.4 Å². The van der Waals surface area contributed by atoms with Crippen LogP contribution < -0.4 is 14.4 Å². The van der Waals surface area contributed by atoms with Crippen molar-refractivity contribution in [2.75, 3.05) is 11.7 Å². The molecular weight excluding hydrogens is 602 g/mol. The number of ether oxygens (including phenoxy) is 2. The Hall–Kier alpha value is -5.61. The first-order valence-corrected chi connectivity index (χ1v) is 16.9. The normalized spacial score (nSPS) is 17.7. The van der Waals surface area contributed by atoms with Gasteiger partial charge < -0.3 is 14.4 Å². The second-order valence-electron chi connectivity index (χ2n) is 14.0. The number of fused-ring (bicyclic) bond motifs is 2. The van der Waals surface area contributed by atoms with Gasteiger partial charge in [-0.2, -0.15) is 0 Å². The van der Waals surface area contributed by atoms with E-state index in [1.807, 2.05) is 23.1 Å². The fraction of sp³-hybridized carbons (Fsp3) is 0.178. The Morgan fingerprint density at radius 3 is 1.69 bits per heavy atom. The summed E-state index contributed by atoms with van der Waals surface area (Å²) in [5, 5.41) is 0. The van der Waals surface area contributed by atoms with Gasteiger partial charge in [-0.15, -0.1) is 0 Å². The number of benzene rings is 6. The molecule has 0 fully saturated rings. The van der Waals surface area contributed by atoms with Crippen LogP contribution >= 0.6 is 0 Å². The van der Waals surface area contributed by atoms with Crippen LogP contribution in [0.3, 0.4) is 0 Å². The predicted octanol–water partition coefficient (Wildman–Crippen LogP) is 9.93. The minimum Gasteiger partial charge on any atom is -0.454 e. The molecule has 4 nitrogen and oxygen atoms in total. The molecule has 1 atom stereocenters. The number of hydrogen-bond acceptors (Lipinski definition) is 3. The summed E-state index contributed by atoms with van der Waals surface area (Å²) in [6, 6.07) is 55.4. The molecule has 0 aliphatic carbocycles. The van der Waals surface area contributed by atoms with E-state index in [-0.39, 0.29) is 12.7 Å². The van der Waals surface area contributed by atoms with Crippen LogP contribution in [-0.2, 0) is 10.8 Å². The maximum absolute atomic E-state index is 14.7. The fourth-order valence-corrected chi connectivity index (χ4v) is 8.44. The summed E-state index contributed by atoms with van der Waals surface area (Å²) >= 11 is 0. The highest BCUT2D eigenvalue weighted by molar-refractivity contribution is 6.08. The first-order chi connectivity index (χ1) is 23.8. The van der Waals surface area contributed by atoms with Gasteiger partial charge in [0.15, 0.2) is 11.5 Å². The summed E-state index contributed by atoms with van der Waals surface area (Å²) < 4.78 is 11.2. The first-order valence-electron chi connectivity index (χ1n) is 16.9. The number of amides is 1. The maximum Gasteiger partial charge on any atom is 0.258 e. The molecule has 6 aromatic rings. The van der Waals surface area contributed by atoms with Crippen molar-refractivity contribution in [1.82, 2.24) is 0 Å². The molecule has 2 aliphatic rings. The molecule has 49 heavy (non-hydrogen) atoms. The van der Waals surface area contributed by atoms with Gasteiger partial charge >= 0.3 is 0 Å². The molecule has 0 spiro atoms. The Balaban J connectivity index is 1.41. The lowest BCUT2D eigenvalue weighted by atomic mass is 9.61. The van der Waals surface area contributed by atoms with Crippen molar-refractivity contribution in [3.8, 4) is 11.5 Å². The van der Waals surface area contributed by atoms with Crippen molar-refractivity contribution in [2.24, 2.45) is 0 Å². The van der Waals surface area contributed by atoms with Crippen LogP contribution in [0.2, 0.25) is 0 Å². The number of rotatable bonds is 6. The van der Waals surface area contributed by atoms with E-state index in [1.54, 1.807) is 0 Å². The number of carbonyl (C=O) groups is 1. The molecule has 6 aromatic carbocycles. The van der Waals surface area contributed by atoms with Crippen molar-refractivity contribution in [1.29, 1.82) is 0 Å². The highest BCUT2D eigenvalue weighted by Crippen LogP contribution is 2.54. The molecule has 0 unspecified atom stereocenters. The molecule has 0 radical (unpaired) electrons. The summed E-state index contributed by atoms with van der Waals surface area (Å²) in [5.74, 6) is 1.20. The average Bonchev–Trinajstić information content (AvgIpc) is 3.62. The van der Waals surface area contributed by atoms with Crippen LogP contribution in [0.4, 0.5) is 5.69 Å². The van der Waals surface area contributed by atoms with Crippen LogP contribution in [0.1, 0.15) is 70.9 Å². The molecule has 2 heterocycles. The number of carbonyl (C=O) groups excluding carboxylic acids is 1. The number of nitrogens with zero attached hydrogens (tertiary/aromatic N) is 1. The van der Waals surface area contributed by atoms with Crippen molar-refractivity contribution in [2.45, 2.75) is 43.6 Å². The van der Waals surface area contributed by atoms with Gasteiger partial charge in [-0.05, 0) is 77.9 Å². The second kappa shape index (κ2) is 11.8. The summed E-state index contributed by atoms with van der Waals surface area (Å²) in [6.45, 7) is 6.86. The minimum atomic E-state index is -0.616. The van der Waals surface area contributed by atoms with E-state index in [0.717, 1.165) is 23.2 Å². The SMILES string of the molecule is CC1(C)C[C@@](C)(c2ccccc2)c2cc(C(c3ccccc3)(c3ccccc3)c3ccccc3)ccc2N1C(=O)c1ccc2c(c1)OCO2. The summed E-state index contributed by atoms with van der Waals surface area (Å²) in [4.78, 5) is 16.7. The second-order valence-corrected chi connectivity index (χ2v) is 14.0. The Morgan fingerprint density at radius 1 is 0.592 bits per heavy atom. The first kappa shape index (κ1) is 30.7. The standard InChI is InChI=1S/C45H39NO3/c1-43(2)30-44(3,33-16-8-4-9-17-33)38-29-37(25-26-39(38)46(43)42(47)32-24-27-40-41(28-32)49-31-48-40)45(34-18-10-5-11-19-34,35-20-12-6-13-21-35)36-22-14-7-15-23-36/h4-29H,30-31H2,1-3H3/t44-/m0/s1. The van der Waals surface area contributed by atoms with Gasteiger partial charge in [-0.1, -0.05) is 140 Å². The zero-order valence-corrected chi connectivity index (χ0v) is 28.1. The molecular formula is C45H39NO3. The smallest absolute Gasteiger partial charge is 0.258 e. The van der Waals surface area contributed by atoms with E-state index in [4.69, 9.17) is 9.47 Å². The molecule has 0 saturated carbocycles. The van der Waals surface area contributed by atoms with E-state index >= 15 is 0 Å². The average molecular weight is 642 g/mol. The largest absolute Gasteiger partial charge is 0.454 e. The molecule has 8 rings (SSSR count). The van der Waals surface area contributed by atoms with Gasteiger partial charge in [-0.25, -0.2) is 0 Å². The van der Waals surface area contributed by atoms with E-state index in [0.29, 0.717) is 17.1 Å². The third kappa shape index (κ3) is 4.93. The van der Waals surface area contributed by atoms with Crippen LogP contribution in [-0.4, -0.2) is 18.2 Å². The molecule has 0 bridgehead atoms. The van der Waals surface area contributed by atoms with Gasteiger partial charge in [0.05, 0.1) is 5.41 Å². The third-order valence-corrected chi connectivity index (χ3v) is 10.5. The van der Waals surface area contributed by atoms with Gasteiger partial charge in [0.1, 0.15) is 0 Å². The Labute approximate surface area is 288 Å². The zero-order valence-electron chi connectivity index (χ0n) is 28.1. The van der Waals surface area contributed by atoms with Gasteiger partial charge in [-0.3, -0.25) is 4.79 Å². The Morgan fingerprint density at radius 2 is 1.12 bits per heavy atom. The molecule has 0 aromatic heterocycles. The molecule has 0 saturated heterocycles. The van der Waals surface area contributed by atoms with Crippen molar-refractivity contribution >= 4 is 11.6 Å². The van der Waals surface area contributed by atoms with E-state index in [1.165, 1.54) is 22.3 Å². The van der Waals surface area contributed by atoms with Gasteiger partial charge in [0.2, 0.25) is 6.79 Å². The van der Waals surface area contributed by atoms with Crippen molar-refractivity contribution < 1.29 is 14.3 Å². The topological polar surface area (TPSA) is 38.8 Å². The van der Waals surface area contributed by atoms with Crippen molar-refractivity contribution in [3.63, 3.8) is 0 Å². The maximum atomic E-state index is 14.7. The molecule has 1 amide bonds. The summed E-state index contributed by atoms with van der Waals surface area (Å²) in [6.07, 6.45) is 0.728. The van der Waals surface area contributed by atoms with E-state index in [9.17, 15) is 4.79 Å². The van der Waals surface area contributed by atoms with Gasteiger partial charge in [0.25, 0.3) is 5.91 Å². The number of hydrogen-bond donors (Lipinski definition) is 0. The Kier molecular flexibility index (Phi) is 7.41. The zero-order chi connectivity index (χ0) is 33.6. The quantitative estimate of drug-likeness (QED) is 0.170. The van der Waals surface area contributed by atoms with Crippen molar-refractivity contribution in [3.05, 3.63) is 197 Å². The Bertz CT molecular complexity index is 2030.